The van der Waals surface area contributed by atoms with Crippen molar-refractivity contribution in [3.63, 3.8) is 0 Å². The van der Waals surface area contributed by atoms with Crippen LogP contribution in [0.1, 0.15) is 38.4 Å². The van der Waals surface area contributed by atoms with Crippen molar-refractivity contribution in [2.75, 3.05) is 24.6 Å². The maximum atomic E-state index is 12.4. The Morgan fingerprint density at radius 2 is 2.27 bits per heavy atom. The summed E-state index contributed by atoms with van der Waals surface area (Å²) in [4.78, 5) is 14.2. The van der Waals surface area contributed by atoms with E-state index in [1.807, 2.05) is 32.0 Å². The molecule has 2 atom stereocenters. The van der Waals surface area contributed by atoms with Crippen LogP contribution in [0.25, 0.3) is 0 Å². The predicted molar refractivity (Wildman–Crippen MR) is 85.1 cm³/mol. The van der Waals surface area contributed by atoms with E-state index in [1.165, 1.54) is 0 Å². The third-order valence-corrected chi connectivity index (χ3v) is 4.43. The minimum absolute atomic E-state index is 0.0592. The second-order valence-electron chi connectivity index (χ2n) is 6.37. The topological polar surface area (TPSA) is 61.8 Å². The summed E-state index contributed by atoms with van der Waals surface area (Å²) in [6.45, 7) is 5.83. The van der Waals surface area contributed by atoms with Gasteiger partial charge in [-0.05, 0) is 37.1 Å². The van der Waals surface area contributed by atoms with Gasteiger partial charge < -0.3 is 20.1 Å². The molecule has 1 aromatic rings. The van der Waals surface area contributed by atoms with E-state index in [1.54, 1.807) is 4.90 Å². The number of anilines is 1. The van der Waals surface area contributed by atoms with Gasteiger partial charge in [0, 0.05) is 12.0 Å². The van der Waals surface area contributed by atoms with Crippen molar-refractivity contribution < 1.29 is 14.6 Å². The Balaban J connectivity index is 1.89. The molecule has 5 nitrogen and oxygen atoms in total. The molecule has 0 aliphatic carbocycles. The lowest BCUT2D eigenvalue weighted by Gasteiger charge is -2.32. The number of rotatable bonds is 3. The molecule has 5 heteroatoms. The third kappa shape index (κ3) is 2.83. The largest absolute Gasteiger partial charge is 0.490 e. The quantitative estimate of drug-likeness (QED) is 0.895. The van der Waals surface area contributed by atoms with Crippen LogP contribution >= 0.6 is 0 Å². The summed E-state index contributed by atoms with van der Waals surface area (Å²) in [7, 11) is 0. The van der Waals surface area contributed by atoms with E-state index in [0.717, 1.165) is 36.4 Å². The number of hydrogen-bond acceptors (Lipinski definition) is 4. The van der Waals surface area contributed by atoms with Crippen molar-refractivity contribution in [3.8, 4) is 5.75 Å². The molecule has 22 heavy (non-hydrogen) atoms. The van der Waals surface area contributed by atoms with E-state index in [0.29, 0.717) is 13.2 Å². The van der Waals surface area contributed by atoms with Gasteiger partial charge >= 0.3 is 0 Å². The van der Waals surface area contributed by atoms with Crippen molar-refractivity contribution in [2.24, 2.45) is 5.92 Å². The molecule has 2 unspecified atom stereocenters. The summed E-state index contributed by atoms with van der Waals surface area (Å²) in [5.74, 6) is 0.752. The first kappa shape index (κ1) is 15.3. The van der Waals surface area contributed by atoms with Gasteiger partial charge in [0.05, 0.1) is 18.3 Å². The Hall–Kier alpha value is -1.59. The number of aliphatic hydroxyl groups excluding tert-OH is 1. The molecule has 1 fully saturated rings. The fourth-order valence-corrected chi connectivity index (χ4v) is 3.17. The molecule has 3 rings (SSSR count). The van der Waals surface area contributed by atoms with E-state index in [2.05, 4.69) is 5.32 Å². The number of hydrogen-bond donors (Lipinski definition) is 2. The molecule has 1 aromatic carbocycles. The maximum Gasteiger partial charge on any atom is 0.229 e. The van der Waals surface area contributed by atoms with Crippen LogP contribution < -0.4 is 15.0 Å². The van der Waals surface area contributed by atoms with Gasteiger partial charge in [-0.25, -0.2) is 0 Å². The fourth-order valence-electron chi connectivity index (χ4n) is 3.17. The molecule has 2 heterocycles. The number of aliphatic hydroxyl groups is 1. The van der Waals surface area contributed by atoms with Crippen molar-refractivity contribution in [3.05, 3.63) is 23.8 Å². The van der Waals surface area contributed by atoms with E-state index in [9.17, 15) is 9.90 Å². The van der Waals surface area contributed by atoms with Gasteiger partial charge in [-0.2, -0.15) is 0 Å². The summed E-state index contributed by atoms with van der Waals surface area (Å²) in [6.07, 6.45) is 1.52. The average Bonchev–Trinajstić information content (AvgIpc) is 3.06. The van der Waals surface area contributed by atoms with E-state index < -0.39 is 6.10 Å². The Morgan fingerprint density at radius 1 is 1.45 bits per heavy atom. The van der Waals surface area contributed by atoms with Crippen LogP contribution in [0.3, 0.4) is 0 Å². The number of nitrogens with one attached hydrogen (secondary N) is 1. The lowest BCUT2D eigenvalue weighted by molar-refractivity contribution is -0.121. The molecule has 0 radical (unpaired) electrons. The maximum absolute atomic E-state index is 12.4. The van der Waals surface area contributed by atoms with Crippen molar-refractivity contribution >= 4 is 11.6 Å². The molecule has 1 amide bonds. The molecule has 1 saturated heterocycles. The van der Waals surface area contributed by atoms with Crippen molar-refractivity contribution in [1.82, 2.24) is 5.32 Å². The highest BCUT2D eigenvalue weighted by atomic mass is 16.5. The summed E-state index contributed by atoms with van der Waals surface area (Å²) >= 11 is 0. The normalized spacial score (nSPS) is 22.4. The summed E-state index contributed by atoms with van der Waals surface area (Å²) in [6, 6.07) is 5.76. The zero-order valence-corrected chi connectivity index (χ0v) is 13.2. The Labute approximate surface area is 131 Å². The fraction of sp³-hybridized carbons (Fsp3) is 0.588. The number of amides is 1. The SMILES string of the molecule is CC(C)C(=O)N1CCOc2ccc(C(O)C3CCCN3)cc21. The minimum Gasteiger partial charge on any atom is -0.490 e. The number of fused-ring (bicyclic) bond motifs is 1. The van der Waals surface area contributed by atoms with Crippen LogP contribution in [-0.4, -0.2) is 36.8 Å². The Morgan fingerprint density at radius 3 is 2.95 bits per heavy atom. The van der Waals surface area contributed by atoms with E-state index in [4.69, 9.17) is 4.74 Å². The number of nitrogens with zero attached hydrogens (tertiary/aromatic N) is 1. The van der Waals surface area contributed by atoms with Gasteiger partial charge in [-0.15, -0.1) is 0 Å². The van der Waals surface area contributed by atoms with Gasteiger partial charge in [0.2, 0.25) is 5.91 Å². The van der Waals surface area contributed by atoms with Crippen LogP contribution in [-0.2, 0) is 4.79 Å². The third-order valence-electron chi connectivity index (χ3n) is 4.43. The average molecular weight is 304 g/mol. The smallest absolute Gasteiger partial charge is 0.229 e. The summed E-state index contributed by atoms with van der Waals surface area (Å²) in [5.41, 5.74) is 1.62. The van der Waals surface area contributed by atoms with E-state index in [-0.39, 0.29) is 17.9 Å². The second kappa shape index (κ2) is 6.26. The highest BCUT2D eigenvalue weighted by molar-refractivity contribution is 5.96. The standard InChI is InChI=1S/C17H24N2O3/c1-11(2)17(21)19-8-9-22-15-6-5-12(10-14(15)19)16(20)13-4-3-7-18-13/h5-6,10-11,13,16,18,20H,3-4,7-9H2,1-2H3. The first-order valence-corrected chi connectivity index (χ1v) is 8.07. The molecule has 0 saturated carbocycles. The molecule has 2 N–H and O–H groups in total. The molecule has 0 aromatic heterocycles. The van der Waals surface area contributed by atoms with Crippen LogP contribution in [0.4, 0.5) is 5.69 Å². The molecule has 0 bridgehead atoms. The second-order valence-corrected chi connectivity index (χ2v) is 6.37. The van der Waals surface area contributed by atoms with Gasteiger partial charge in [-0.3, -0.25) is 4.79 Å². The van der Waals surface area contributed by atoms with Crippen molar-refractivity contribution in [2.45, 2.75) is 38.8 Å². The Kier molecular flexibility index (Phi) is 4.36. The van der Waals surface area contributed by atoms with Crippen LogP contribution in [0.15, 0.2) is 18.2 Å². The molecule has 2 aliphatic heterocycles. The van der Waals surface area contributed by atoms with Gasteiger partial charge in [0.1, 0.15) is 12.4 Å². The first-order chi connectivity index (χ1) is 10.6. The van der Waals surface area contributed by atoms with Crippen LogP contribution in [0, 0.1) is 5.92 Å². The highest BCUT2D eigenvalue weighted by Crippen LogP contribution is 2.36. The number of benzene rings is 1. The number of ether oxygens (including phenoxy) is 1. The summed E-state index contributed by atoms with van der Waals surface area (Å²) < 4.78 is 5.65. The predicted octanol–water partition coefficient (Wildman–Crippen LogP) is 1.85. The zero-order chi connectivity index (χ0) is 15.7. The number of carbonyl (C=O) groups excluding carboxylic acids is 1. The molecule has 0 spiro atoms. The molecule has 2 aliphatic rings. The van der Waals surface area contributed by atoms with Gasteiger partial charge in [0.15, 0.2) is 0 Å². The van der Waals surface area contributed by atoms with Gasteiger partial charge in [-0.1, -0.05) is 19.9 Å². The van der Waals surface area contributed by atoms with Crippen LogP contribution in [0.2, 0.25) is 0 Å². The van der Waals surface area contributed by atoms with Gasteiger partial charge in [0.25, 0.3) is 0 Å². The molecular weight excluding hydrogens is 280 g/mol. The highest BCUT2D eigenvalue weighted by Gasteiger charge is 2.29. The lowest BCUT2D eigenvalue weighted by atomic mass is 9.99. The monoisotopic (exact) mass is 304 g/mol. The lowest BCUT2D eigenvalue weighted by Crippen LogP contribution is -2.40. The number of carbonyl (C=O) groups is 1. The first-order valence-electron chi connectivity index (χ1n) is 8.07. The van der Waals surface area contributed by atoms with Crippen LogP contribution in [0.5, 0.6) is 5.75 Å². The molecular formula is C17H24N2O3. The van der Waals surface area contributed by atoms with Crippen molar-refractivity contribution in [1.29, 1.82) is 0 Å². The summed E-state index contributed by atoms with van der Waals surface area (Å²) in [5, 5.41) is 13.9. The van der Waals surface area contributed by atoms with E-state index >= 15 is 0 Å². The molecule has 120 valence electrons. The minimum atomic E-state index is -0.550. The Bertz CT molecular complexity index is 553. The zero-order valence-electron chi connectivity index (χ0n) is 13.2.